The second-order valence-corrected chi connectivity index (χ2v) is 4.49. The van der Waals surface area contributed by atoms with Gasteiger partial charge in [0.25, 0.3) is 0 Å². The van der Waals surface area contributed by atoms with E-state index in [2.05, 4.69) is 34.1 Å². The van der Waals surface area contributed by atoms with Crippen molar-refractivity contribution >= 4 is 17.0 Å². The first kappa shape index (κ1) is 10.9. The fraction of sp³-hybridized carbons (Fsp3) is 0.455. The third kappa shape index (κ3) is 1.74. The number of nitrogens with two attached hydrogens (primary N) is 1. The van der Waals surface area contributed by atoms with Crippen LogP contribution in [0, 0.1) is 0 Å². The summed E-state index contributed by atoms with van der Waals surface area (Å²) >= 11 is 0. The van der Waals surface area contributed by atoms with Gasteiger partial charge in [-0.3, -0.25) is 0 Å². The molecule has 0 bridgehead atoms. The zero-order chi connectivity index (χ0) is 11.8. The highest BCUT2D eigenvalue weighted by atomic mass is 15.0. The molecule has 0 aliphatic rings. The Hall–Kier alpha value is -1.62. The number of nitrogens with zero attached hydrogens (tertiary/aromatic N) is 2. The maximum atomic E-state index is 5.72. The third-order valence-corrected chi connectivity index (χ3v) is 2.75. The van der Waals surface area contributed by atoms with Crippen LogP contribution >= 0.6 is 0 Å². The Bertz CT molecular complexity index is 500. The second kappa shape index (κ2) is 3.75. The zero-order valence-corrected chi connectivity index (χ0v) is 9.83. The Kier molecular flexibility index (Phi) is 2.55. The maximum absolute atomic E-state index is 5.72. The molecule has 0 aliphatic carbocycles. The molecular formula is C11H17N5. The number of anilines is 1. The molecule has 0 saturated heterocycles. The van der Waals surface area contributed by atoms with E-state index in [1.165, 1.54) is 0 Å². The number of hydrogen-bond donors (Lipinski definition) is 3. The Balaban J connectivity index is 2.52. The minimum absolute atomic E-state index is 0.152. The SMILES string of the molecule is CNc1ccc2[nH]c(C(C)(C)CN)nc2n1. The number of nitrogens with one attached hydrogen (secondary N) is 2. The Labute approximate surface area is 94.5 Å². The van der Waals surface area contributed by atoms with Crippen molar-refractivity contribution in [1.82, 2.24) is 15.0 Å². The number of aromatic nitrogens is 3. The number of hydrogen-bond acceptors (Lipinski definition) is 4. The van der Waals surface area contributed by atoms with Crippen LogP contribution in [0.15, 0.2) is 12.1 Å². The fourth-order valence-corrected chi connectivity index (χ4v) is 1.45. The Morgan fingerprint density at radius 1 is 1.38 bits per heavy atom. The predicted molar refractivity (Wildman–Crippen MR) is 65.5 cm³/mol. The van der Waals surface area contributed by atoms with Crippen LogP contribution in [-0.4, -0.2) is 28.5 Å². The molecule has 0 aliphatic heterocycles. The maximum Gasteiger partial charge on any atom is 0.179 e. The number of pyridine rings is 1. The lowest BCUT2D eigenvalue weighted by Crippen LogP contribution is -2.29. The van der Waals surface area contributed by atoms with Gasteiger partial charge < -0.3 is 16.0 Å². The molecule has 4 N–H and O–H groups in total. The van der Waals surface area contributed by atoms with E-state index in [0.29, 0.717) is 6.54 Å². The molecule has 0 atom stereocenters. The van der Waals surface area contributed by atoms with Gasteiger partial charge in [0.05, 0.1) is 5.52 Å². The Morgan fingerprint density at radius 2 is 2.12 bits per heavy atom. The molecule has 16 heavy (non-hydrogen) atoms. The van der Waals surface area contributed by atoms with Crippen LogP contribution in [0.3, 0.4) is 0 Å². The molecule has 0 amide bonds. The Morgan fingerprint density at radius 3 is 2.75 bits per heavy atom. The van der Waals surface area contributed by atoms with Gasteiger partial charge in [-0.05, 0) is 12.1 Å². The summed E-state index contributed by atoms with van der Waals surface area (Å²) in [6, 6.07) is 3.89. The van der Waals surface area contributed by atoms with Crippen molar-refractivity contribution in [2.45, 2.75) is 19.3 Å². The van der Waals surface area contributed by atoms with E-state index in [-0.39, 0.29) is 5.41 Å². The average molecular weight is 219 g/mol. The summed E-state index contributed by atoms with van der Waals surface area (Å²) in [7, 11) is 1.84. The van der Waals surface area contributed by atoms with Crippen LogP contribution in [-0.2, 0) is 5.41 Å². The standard InChI is InChI=1S/C11H17N5/c1-11(2,6-12)10-14-7-4-5-8(13-3)15-9(7)16-10/h4-5H,6,12H2,1-3H3,(H2,13,14,15,16). The number of rotatable bonds is 3. The second-order valence-electron chi connectivity index (χ2n) is 4.49. The molecule has 2 aromatic heterocycles. The molecule has 2 aromatic rings. The first-order chi connectivity index (χ1) is 7.56. The highest BCUT2D eigenvalue weighted by molar-refractivity contribution is 5.73. The van der Waals surface area contributed by atoms with Crippen LogP contribution in [0.1, 0.15) is 19.7 Å². The van der Waals surface area contributed by atoms with E-state index in [1.807, 2.05) is 19.2 Å². The first-order valence-corrected chi connectivity index (χ1v) is 5.32. The molecule has 0 unspecified atom stereocenters. The molecule has 0 radical (unpaired) electrons. The topological polar surface area (TPSA) is 79.6 Å². The summed E-state index contributed by atoms with van der Waals surface area (Å²) in [4.78, 5) is 12.1. The molecule has 2 rings (SSSR count). The van der Waals surface area contributed by atoms with E-state index in [4.69, 9.17) is 5.73 Å². The number of H-pyrrole nitrogens is 1. The van der Waals surface area contributed by atoms with Crippen molar-refractivity contribution < 1.29 is 0 Å². The zero-order valence-electron chi connectivity index (χ0n) is 9.83. The van der Waals surface area contributed by atoms with E-state index < -0.39 is 0 Å². The quantitative estimate of drug-likeness (QED) is 0.725. The van der Waals surface area contributed by atoms with Gasteiger partial charge in [0.2, 0.25) is 0 Å². The lowest BCUT2D eigenvalue weighted by atomic mass is 9.93. The van der Waals surface area contributed by atoms with E-state index in [0.717, 1.165) is 22.8 Å². The van der Waals surface area contributed by atoms with Gasteiger partial charge in [0, 0.05) is 19.0 Å². The fourth-order valence-electron chi connectivity index (χ4n) is 1.45. The summed E-state index contributed by atoms with van der Waals surface area (Å²) in [6.07, 6.45) is 0. The molecule has 0 spiro atoms. The minimum Gasteiger partial charge on any atom is -0.373 e. The van der Waals surface area contributed by atoms with Gasteiger partial charge in [0.15, 0.2) is 5.65 Å². The summed E-state index contributed by atoms with van der Waals surface area (Å²) in [6.45, 7) is 4.67. The van der Waals surface area contributed by atoms with Gasteiger partial charge in [-0.15, -0.1) is 0 Å². The molecule has 5 nitrogen and oxygen atoms in total. The monoisotopic (exact) mass is 219 g/mol. The summed E-state index contributed by atoms with van der Waals surface area (Å²) in [5.41, 5.74) is 7.24. The van der Waals surface area contributed by atoms with E-state index >= 15 is 0 Å². The predicted octanol–water partition coefficient (Wildman–Crippen LogP) is 1.24. The van der Waals surface area contributed by atoms with Gasteiger partial charge in [0.1, 0.15) is 11.6 Å². The van der Waals surface area contributed by atoms with Crippen molar-refractivity contribution in [3.8, 4) is 0 Å². The summed E-state index contributed by atoms with van der Waals surface area (Å²) < 4.78 is 0. The largest absolute Gasteiger partial charge is 0.373 e. The van der Waals surface area contributed by atoms with Crippen molar-refractivity contribution in [3.05, 3.63) is 18.0 Å². The van der Waals surface area contributed by atoms with Crippen molar-refractivity contribution in [1.29, 1.82) is 0 Å². The lowest BCUT2D eigenvalue weighted by molar-refractivity contribution is 0.509. The van der Waals surface area contributed by atoms with Gasteiger partial charge in [-0.1, -0.05) is 13.8 Å². The minimum atomic E-state index is -0.152. The highest BCUT2D eigenvalue weighted by Crippen LogP contribution is 2.21. The molecule has 0 saturated carbocycles. The van der Waals surface area contributed by atoms with Crippen LogP contribution in [0.5, 0.6) is 0 Å². The number of aromatic amines is 1. The lowest BCUT2D eigenvalue weighted by Gasteiger charge is -2.18. The van der Waals surface area contributed by atoms with Crippen LogP contribution in [0.2, 0.25) is 0 Å². The van der Waals surface area contributed by atoms with E-state index in [9.17, 15) is 0 Å². The summed E-state index contributed by atoms with van der Waals surface area (Å²) in [5, 5.41) is 2.99. The van der Waals surface area contributed by atoms with Crippen LogP contribution in [0.25, 0.3) is 11.2 Å². The average Bonchev–Trinajstić information content (AvgIpc) is 2.72. The van der Waals surface area contributed by atoms with Crippen molar-refractivity contribution in [2.24, 2.45) is 5.73 Å². The van der Waals surface area contributed by atoms with Gasteiger partial charge in [-0.2, -0.15) is 0 Å². The highest BCUT2D eigenvalue weighted by Gasteiger charge is 2.22. The van der Waals surface area contributed by atoms with Gasteiger partial charge >= 0.3 is 0 Å². The molecular weight excluding hydrogens is 202 g/mol. The number of fused-ring (bicyclic) bond motifs is 1. The molecule has 86 valence electrons. The van der Waals surface area contributed by atoms with Crippen LogP contribution < -0.4 is 11.1 Å². The molecule has 2 heterocycles. The summed E-state index contributed by atoms with van der Waals surface area (Å²) in [5.74, 6) is 1.70. The van der Waals surface area contributed by atoms with Crippen molar-refractivity contribution in [3.63, 3.8) is 0 Å². The van der Waals surface area contributed by atoms with Crippen LogP contribution in [0.4, 0.5) is 5.82 Å². The number of imidazole rings is 1. The molecule has 5 heteroatoms. The smallest absolute Gasteiger partial charge is 0.179 e. The first-order valence-electron chi connectivity index (χ1n) is 5.32. The van der Waals surface area contributed by atoms with Crippen molar-refractivity contribution in [2.75, 3.05) is 18.9 Å². The normalized spacial score (nSPS) is 12.0. The third-order valence-electron chi connectivity index (χ3n) is 2.75. The van der Waals surface area contributed by atoms with Gasteiger partial charge in [-0.25, -0.2) is 9.97 Å². The molecule has 0 fully saturated rings. The van der Waals surface area contributed by atoms with E-state index in [1.54, 1.807) is 0 Å². The molecule has 0 aromatic carbocycles.